The minimum absolute atomic E-state index is 0.105. The van der Waals surface area contributed by atoms with Crippen molar-refractivity contribution in [1.82, 2.24) is 0 Å². The molecule has 1 aliphatic rings. The molecule has 1 heterocycles. The Balaban J connectivity index is 1.85. The van der Waals surface area contributed by atoms with Crippen LogP contribution in [0.1, 0.15) is 25.8 Å². The number of methoxy groups -OCH3 is 1. The first kappa shape index (κ1) is 25.2. The van der Waals surface area contributed by atoms with E-state index in [4.69, 9.17) is 23.7 Å². The number of hydrogen-bond acceptors (Lipinski definition) is 7. The van der Waals surface area contributed by atoms with Gasteiger partial charge in [-0.1, -0.05) is 31.2 Å². The quantitative estimate of drug-likeness (QED) is 0.356. The number of carbonyl (C=O) groups is 1. The third kappa shape index (κ3) is 9.33. The van der Waals surface area contributed by atoms with Crippen LogP contribution in [-0.2, 0) is 30.3 Å². The maximum absolute atomic E-state index is 11.9. The van der Waals surface area contributed by atoms with Gasteiger partial charge in [0.25, 0.3) is 0 Å². The van der Waals surface area contributed by atoms with Gasteiger partial charge < -0.3 is 28.8 Å². The molecule has 0 spiro atoms. The molecule has 0 radical (unpaired) electrons. The van der Waals surface area contributed by atoms with E-state index in [0.29, 0.717) is 39.5 Å². The Morgan fingerprint density at radius 1 is 1.19 bits per heavy atom. The molecule has 0 aliphatic carbocycles. The average molecular weight is 435 g/mol. The Bertz CT molecular complexity index is 698. The number of aliphatic hydroxyl groups excluding tert-OH is 1. The largest absolute Gasteiger partial charge is 0.497 e. The molecule has 7 nitrogen and oxygen atoms in total. The van der Waals surface area contributed by atoms with Gasteiger partial charge in [-0.2, -0.15) is 0 Å². The van der Waals surface area contributed by atoms with Crippen molar-refractivity contribution in [2.24, 2.45) is 5.92 Å². The number of ether oxygens (including phenoxy) is 5. The molecule has 0 saturated carbocycles. The van der Waals surface area contributed by atoms with Gasteiger partial charge in [-0.05, 0) is 43.2 Å². The lowest BCUT2D eigenvalue weighted by atomic mass is 10.0. The Labute approximate surface area is 184 Å². The van der Waals surface area contributed by atoms with Crippen molar-refractivity contribution in [2.75, 3.05) is 33.5 Å². The number of rotatable bonds is 14. The van der Waals surface area contributed by atoms with E-state index in [1.807, 2.05) is 37.3 Å². The molecular weight excluding hydrogens is 400 g/mol. The van der Waals surface area contributed by atoms with Gasteiger partial charge in [0.1, 0.15) is 11.9 Å². The third-order valence-electron chi connectivity index (χ3n) is 4.88. The summed E-state index contributed by atoms with van der Waals surface area (Å²) < 4.78 is 27.7. The van der Waals surface area contributed by atoms with Crippen LogP contribution < -0.4 is 4.74 Å². The van der Waals surface area contributed by atoms with Gasteiger partial charge in [0.15, 0.2) is 12.1 Å². The zero-order chi connectivity index (χ0) is 22.5. The van der Waals surface area contributed by atoms with Gasteiger partial charge in [0, 0.05) is 12.5 Å². The van der Waals surface area contributed by atoms with E-state index in [-0.39, 0.29) is 17.8 Å². The predicted octanol–water partition coefficient (Wildman–Crippen LogP) is 3.06. The maximum atomic E-state index is 11.9. The minimum Gasteiger partial charge on any atom is -0.497 e. The van der Waals surface area contributed by atoms with Gasteiger partial charge in [-0.3, -0.25) is 4.79 Å². The molecule has 1 aliphatic heterocycles. The van der Waals surface area contributed by atoms with Crippen molar-refractivity contribution in [3.63, 3.8) is 0 Å². The predicted molar refractivity (Wildman–Crippen MR) is 117 cm³/mol. The lowest BCUT2D eigenvalue weighted by molar-refractivity contribution is -0.141. The van der Waals surface area contributed by atoms with Crippen molar-refractivity contribution < 1.29 is 33.6 Å². The van der Waals surface area contributed by atoms with Gasteiger partial charge >= 0.3 is 0 Å². The summed E-state index contributed by atoms with van der Waals surface area (Å²) in [4.78, 5) is 11.9. The van der Waals surface area contributed by atoms with E-state index < -0.39 is 12.4 Å². The van der Waals surface area contributed by atoms with Crippen LogP contribution in [0.25, 0.3) is 0 Å². The standard InChI is InChI=1S/C24H34O7/c1-4-28-14-15-30-22(6-5-7-23-21(25)12-13-24(26)31-23)18(2)16-29-17-19-8-10-20(27-3)11-9-19/h5,7-13,18,22-24,26H,4,6,14-17H2,1-3H3/b7-5+/t18-,22-,23-,24?/m0/s1. The van der Waals surface area contributed by atoms with E-state index >= 15 is 0 Å². The summed E-state index contributed by atoms with van der Waals surface area (Å²) in [5.74, 6) is 0.749. The van der Waals surface area contributed by atoms with Crippen molar-refractivity contribution in [2.45, 2.75) is 45.4 Å². The lowest BCUT2D eigenvalue weighted by Gasteiger charge is -2.24. The fourth-order valence-corrected chi connectivity index (χ4v) is 3.07. The van der Waals surface area contributed by atoms with Crippen LogP contribution >= 0.6 is 0 Å². The summed E-state index contributed by atoms with van der Waals surface area (Å²) in [7, 11) is 1.64. The zero-order valence-corrected chi connectivity index (χ0v) is 18.6. The van der Waals surface area contributed by atoms with Crippen LogP contribution in [-0.4, -0.2) is 62.9 Å². The van der Waals surface area contributed by atoms with Crippen LogP contribution in [0.2, 0.25) is 0 Å². The normalized spacial score (nSPS) is 20.8. The highest BCUT2D eigenvalue weighted by Crippen LogP contribution is 2.17. The lowest BCUT2D eigenvalue weighted by Crippen LogP contribution is -2.30. The van der Waals surface area contributed by atoms with E-state index in [0.717, 1.165) is 11.3 Å². The number of carbonyl (C=O) groups excluding carboxylic acids is 1. The Morgan fingerprint density at radius 3 is 2.68 bits per heavy atom. The second-order valence-corrected chi connectivity index (χ2v) is 7.32. The first-order valence-electron chi connectivity index (χ1n) is 10.7. The molecule has 0 bridgehead atoms. The summed E-state index contributed by atoms with van der Waals surface area (Å²) in [6.45, 7) is 6.70. The Kier molecular flexibility index (Phi) is 11.5. The van der Waals surface area contributed by atoms with Crippen molar-refractivity contribution in [3.8, 4) is 5.75 Å². The highest BCUT2D eigenvalue weighted by atomic mass is 16.6. The number of benzene rings is 1. The molecule has 7 heteroatoms. The molecule has 4 atom stereocenters. The first-order valence-corrected chi connectivity index (χ1v) is 10.7. The number of aliphatic hydroxyl groups is 1. The van der Waals surface area contributed by atoms with Crippen LogP contribution in [0, 0.1) is 5.92 Å². The van der Waals surface area contributed by atoms with Crippen LogP contribution in [0.5, 0.6) is 5.75 Å². The second kappa shape index (κ2) is 14.1. The second-order valence-electron chi connectivity index (χ2n) is 7.32. The first-order chi connectivity index (χ1) is 15.0. The molecule has 172 valence electrons. The molecule has 1 aromatic rings. The summed E-state index contributed by atoms with van der Waals surface area (Å²) in [6, 6.07) is 7.78. The van der Waals surface area contributed by atoms with E-state index in [1.165, 1.54) is 12.2 Å². The van der Waals surface area contributed by atoms with Crippen molar-refractivity contribution in [1.29, 1.82) is 0 Å². The fraction of sp³-hybridized carbons (Fsp3) is 0.542. The van der Waals surface area contributed by atoms with E-state index in [9.17, 15) is 9.90 Å². The van der Waals surface area contributed by atoms with Crippen LogP contribution in [0.15, 0.2) is 48.6 Å². The summed E-state index contributed by atoms with van der Waals surface area (Å²) in [5, 5.41) is 9.52. The van der Waals surface area contributed by atoms with Crippen LogP contribution in [0.4, 0.5) is 0 Å². The summed E-state index contributed by atoms with van der Waals surface area (Å²) in [5.41, 5.74) is 1.07. The summed E-state index contributed by atoms with van der Waals surface area (Å²) in [6.07, 6.45) is 4.85. The molecule has 0 amide bonds. The third-order valence-corrected chi connectivity index (χ3v) is 4.88. The zero-order valence-electron chi connectivity index (χ0n) is 18.6. The molecule has 0 saturated heterocycles. The van der Waals surface area contributed by atoms with Gasteiger partial charge in [-0.25, -0.2) is 0 Å². The molecule has 1 unspecified atom stereocenters. The molecule has 0 fully saturated rings. The number of ketones is 1. The van der Waals surface area contributed by atoms with Crippen LogP contribution in [0.3, 0.4) is 0 Å². The van der Waals surface area contributed by atoms with Gasteiger partial charge in [-0.15, -0.1) is 0 Å². The summed E-state index contributed by atoms with van der Waals surface area (Å²) >= 11 is 0. The molecule has 1 N–H and O–H groups in total. The average Bonchev–Trinajstić information content (AvgIpc) is 2.78. The molecule has 1 aromatic carbocycles. The molecular formula is C24H34O7. The van der Waals surface area contributed by atoms with E-state index in [1.54, 1.807) is 13.2 Å². The highest BCUT2D eigenvalue weighted by molar-refractivity contribution is 5.95. The minimum atomic E-state index is -1.06. The van der Waals surface area contributed by atoms with Crippen molar-refractivity contribution in [3.05, 3.63) is 54.1 Å². The van der Waals surface area contributed by atoms with E-state index in [2.05, 4.69) is 6.92 Å². The Hall–Kier alpha value is -2.03. The molecule has 2 rings (SSSR count). The monoisotopic (exact) mass is 434 g/mol. The smallest absolute Gasteiger partial charge is 0.188 e. The molecule has 31 heavy (non-hydrogen) atoms. The molecule has 0 aromatic heterocycles. The fourth-order valence-electron chi connectivity index (χ4n) is 3.07. The number of hydrogen-bond donors (Lipinski definition) is 1. The SMILES string of the molecule is CCOCCO[C@@H](C/C=C/[C@@H]1OC(O)C=CC1=O)[C@@H](C)COCc1ccc(OC)cc1. The van der Waals surface area contributed by atoms with Crippen molar-refractivity contribution >= 4 is 5.78 Å². The highest BCUT2D eigenvalue weighted by Gasteiger charge is 2.22. The van der Waals surface area contributed by atoms with Gasteiger partial charge in [0.2, 0.25) is 0 Å². The maximum Gasteiger partial charge on any atom is 0.188 e. The van der Waals surface area contributed by atoms with Gasteiger partial charge in [0.05, 0.1) is 39.6 Å². The topological polar surface area (TPSA) is 83.5 Å². The Morgan fingerprint density at radius 2 is 1.97 bits per heavy atom.